The van der Waals surface area contributed by atoms with Gasteiger partial charge in [0.15, 0.2) is 23.1 Å². The van der Waals surface area contributed by atoms with Crippen molar-refractivity contribution in [2.45, 2.75) is 43.7 Å². The van der Waals surface area contributed by atoms with Gasteiger partial charge in [0.25, 0.3) is 0 Å². The van der Waals surface area contributed by atoms with E-state index in [2.05, 4.69) is 19.7 Å². The quantitative estimate of drug-likeness (QED) is 0.404. The summed E-state index contributed by atoms with van der Waals surface area (Å²) in [6, 6.07) is 7.96. The predicted molar refractivity (Wildman–Crippen MR) is 138 cm³/mol. The number of fused-ring (bicyclic) bond motifs is 3. The zero-order valence-electron chi connectivity index (χ0n) is 21.7. The molecular formula is C27H27ClF4N6O2. The minimum absolute atomic E-state index is 0.0254. The summed E-state index contributed by atoms with van der Waals surface area (Å²) in [6.45, 7) is 2.57. The fourth-order valence-corrected chi connectivity index (χ4v) is 6.80. The molecule has 8 nitrogen and oxygen atoms in total. The highest BCUT2D eigenvalue weighted by atomic mass is 35.5. The molecule has 13 heteroatoms. The maximum Gasteiger partial charge on any atom is 0.433 e. The van der Waals surface area contributed by atoms with E-state index in [0.717, 1.165) is 41.8 Å². The summed E-state index contributed by atoms with van der Waals surface area (Å²) in [6.07, 6.45) is -2.86. The molecular weight excluding hydrogens is 552 g/mol. The first kappa shape index (κ1) is 26.0. The molecule has 1 spiro atoms. The topological polar surface area (TPSA) is 68.5 Å². The van der Waals surface area contributed by atoms with Gasteiger partial charge in [-0.1, -0.05) is 11.6 Å². The van der Waals surface area contributed by atoms with E-state index in [0.29, 0.717) is 37.0 Å². The van der Waals surface area contributed by atoms with Gasteiger partial charge in [0.05, 0.1) is 32.6 Å². The molecule has 1 aromatic carbocycles. The van der Waals surface area contributed by atoms with E-state index in [-0.39, 0.29) is 36.9 Å². The van der Waals surface area contributed by atoms with Crippen molar-refractivity contribution in [1.82, 2.24) is 24.6 Å². The van der Waals surface area contributed by atoms with Crippen LogP contribution in [0.1, 0.15) is 41.7 Å². The highest BCUT2D eigenvalue weighted by Gasteiger charge is 2.55. The fourth-order valence-electron chi connectivity index (χ4n) is 6.60. The molecule has 3 fully saturated rings. The van der Waals surface area contributed by atoms with Gasteiger partial charge in [0, 0.05) is 42.5 Å². The van der Waals surface area contributed by atoms with Gasteiger partial charge in [-0.05, 0) is 48.7 Å². The van der Waals surface area contributed by atoms with E-state index in [1.807, 2.05) is 28.0 Å². The number of halogens is 5. The van der Waals surface area contributed by atoms with Crippen molar-refractivity contribution < 1.29 is 27.0 Å². The Balaban J connectivity index is 1.11. The number of rotatable bonds is 5. The van der Waals surface area contributed by atoms with E-state index >= 15 is 0 Å². The smallest absolute Gasteiger partial charge is 0.433 e. The number of hydrogen-bond acceptors (Lipinski definition) is 7. The van der Waals surface area contributed by atoms with Crippen LogP contribution in [-0.4, -0.2) is 70.3 Å². The van der Waals surface area contributed by atoms with Gasteiger partial charge in [-0.2, -0.15) is 13.2 Å². The third-order valence-corrected chi connectivity index (χ3v) is 8.69. The number of aromatic nitrogens is 4. The summed E-state index contributed by atoms with van der Waals surface area (Å²) in [5.41, 5.74) is -0.415. The van der Waals surface area contributed by atoms with Crippen molar-refractivity contribution in [2.24, 2.45) is 5.41 Å². The van der Waals surface area contributed by atoms with Gasteiger partial charge in [-0.15, -0.1) is 10.2 Å². The minimum Gasteiger partial charge on any atom is -0.493 e. The molecule has 5 heterocycles. The molecule has 0 atom stereocenters. The Labute approximate surface area is 232 Å². The van der Waals surface area contributed by atoms with Crippen LogP contribution in [0.5, 0.6) is 5.75 Å². The molecule has 2 saturated heterocycles. The highest BCUT2D eigenvalue weighted by Crippen LogP contribution is 2.57. The first-order valence-corrected chi connectivity index (χ1v) is 13.5. The van der Waals surface area contributed by atoms with E-state index < -0.39 is 17.5 Å². The second-order valence-electron chi connectivity index (χ2n) is 11.6. The molecule has 4 aliphatic rings. The number of methoxy groups -OCH3 is 1. The van der Waals surface area contributed by atoms with Crippen molar-refractivity contribution in [3.63, 3.8) is 0 Å². The van der Waals surface area contributed by atoms with Crippen molar-refractivity contribution in [3.8, 4) is 11.4 Å². The van der Waals surface area contributed by atoms with Crippen LogP contribution >= 0.6 is 11.6 Å². The number of pyridine rings is 1. The van der Waals surface area contributed by atoms with Crippen LogP contribution in [0.4, 0.5) is 23.4 Å². The largest absolute Gasteiger partial charge is 0.493 e. The summed E-state index contributed by atoms with van der Waals surface area (Å²) in [5.74, 6) is 2.28. The number of alkyl halides is 4. The maximum absolute atomic E-state index is 15.0. The van der Waals surface area contributed by atoms with Crippen LogP contribution in [0.25, 0.3) is 5.69 Å². The van der Waals surface area contributed by atoms with Crippen LogP contribution in [-0.2, 0) is 24.0 Å². The predicted octanol–water partition coefficient (Wildman–Crippen LogP) is 4.78. The van der Waals surface area contributed by atoms with Crippen LogP contribution in [0.2, 0.25) is 5.02 Å². The summed E-state index contributed by atoms with van der Waals surface area (Å²) in [5, 5.41) is 9.70. The second kappa shape index (κ2) is 9.02. The van der Waals surface area contributed by atoms with E-state index in [9.17, 15) is 17.6 Å². The average Bonchev–Trinajstić information content (AvgIpc) is 3.16. The first-order chi connectivity index (χ1) is 19.0. The zero-order chi connectivity index (χ0) is 27.9. The van der Waals surface area contributed by atoms with Gasteiger partial charge in [0.2, 0.25) is 0 Å². The Kier molecular flexibility index (Phi) is 5.86. The van der Waals surface area contributed by atoms with Crippen LogP contribution in [0.3, 0.4) is 0 Å². The van der Waals surface area contributed by atoms with E-state index in [1.54, 1.807) is 0 Å². The number of anilines is 1. The molecule has 212 valence electrons. The molecule has 40 heavy (non-hydrogen) atoms. The maximum atomic E-state index is 15.0. The highest BCUT2D eigenvalue weighted by molar-refractivity contribution is 6.30. The molecule has 3 aromatic rings. The van der Waals surface area contributed by atoms with Gasteiger partial charge in [-0.3, -0.25) is 9.47 Å². The van der Waals surface area contributed by atoms with Crippen molar-refractivity contribution >= 4 is 17.4 Å². The minimum atomic E-state index is -4.52. The molecule has 0 radical (unpaired) electrons. The third-order valence-electron chi connectivity index (χ3n) is 8.45. The van der Waals surface area contributed by atoms with Crippen LogP contribution in [0.15, 0.2) is 30.3 Å². The Morgan fingerprint density at radius 2 is 1.88 bits per heavy atom. The van der Waals surface area contributed by atoms with Crippen molar-refractivity contribution in [3.05, 3.63) is 58.3 Å². The van der Waals surface area contributed by atoms with Gasteiger partial charge < -0.3 is 14.4 Å². The zero-order valence-corrected chi connectivity index (χ0v) is 22.5. The molecule has 0 bridgehead atoms. The number of ether oxygens (including phenoxy) is 2. The second-order valence-corrected chi connectivity index (χ2v) is 12.0. The lowest BCUT2D eigenvalue weighted by Gasteiger charge is -2.59. The molecule has 1 aliphatic carbocycles. The summed E-state index contributed by atoms with van der Waals surface area (Å²) in [4.78, 5) is 7.74. The SMILES string of the molecule is COc1ccc(C(F)(F)F)nc1N1CC2(CC(c3nnc4n3-c3ccc(Cl)cc3CN(CC3(F)COC3)C4)C2)C1. The average molecular weight is 579 g/mol. The normalized spacial score (nSPS) is 21.6. The lowest BCUT2D eigenvalue weighted by molar-refractivity contribution is -0.142. The Morgan fingerprint density at radius 3 is 2.55 bits per heavy atom. The molecule has 3 aliphatic heterocycles. The van der Waals surface area contributed by atoms with Gasteiger partial charge >= 0.3 is 6.18 Å². The Morgan fingerprint density at radius 1 is 1.10 bits per heavy atom. The number of benzene rings is 1. The lowest BCUT2D eigenvalue weighted by atomic mass is 9.57. The molecule has 0 amide bonds. The number of hydrogen-bond donors (Lipinski definition) is 0. The Hall–Kier alpha value is -2.96. The molecule has 0 unspecified atom stereocenters. The van der Waals surface area contributed by atoms with Crippen LogP contribution in [0, 0.1) is 5.41 Å². The van der Waals surface area contributed by atoms with E-state index in [4.69, 9.17) is 21.1 Å². The molecule has 0 N–H and O–H groups in total. The van der Waals surface area contributed by atoms with Crippen molar-refractivity contribution in [2.75, 3.05) is 44.9 Å². The van der Waals surface area contributed by atoms with E-state index in [1.165, 1.54) is 13.2 Å². The lowest BCUT2D eigenvalue weighted by Crippen LogP contribution is -2.62. The molecule has 7 rings (SSSR count). The van der Waals surface area contributed by atoms with Crippen molar-refractivity contribution in [1.29, 1.82) is 0 Å². The fraction of sp³-hybridized carbons (Fsp3) is 0.519. The molecule has 2 aromatic heterocycles. The summed E-state index contributed by atoms with van der Waals surface area (Å²) in [7, 11) is 1.43. The molecule has 1 saturated carbocycles. The van der Waals surface area contributed by atoms with Crippen LogP contribution < -0.4 is 9.64 Å². The monoisotopic (exact) mass is 578 g/mol. The van der Waals surface area contributed by atoms with Gasteiger partial charge in [-0.25, -0.2) is 9.37 Å². The summed E-state index contributed by atoms with van der Waals surface area (Å²) >= 11 is 6.34. The van der Waals surface area contributed by atoms with Gasteiger partial charge in [0.1, 0.15) is 11.5 Å². The third kappa shape index (κ3) is 4.31. The first-order valence-electron chi connectivity index (χ1n) is 13.1. The standard InChI is InChI=1S/C27H27ClF4N6O2/c1-39-20-4-5-21(27(30,31)32)33-24(20)37-11-25(12-37)7-17(8-25)23-35-34-22-10-36(13-26(29)14-40-15-26)9-16-6-18(28)2-3-19(16)38(22)23/h2-6,17H,7-15H2,1H3. The number of nitrogens with zero attached hydrogens (tertiary/aromatic N) is 6. The Bertz CT molecular complexity index is 1460. The summed E-state index contributed by atoms with van der Waals surface area (Å²) < 4.78 is 67.3.